The van der Waals surface area contributed by atoms with Gasteiger partial charge in [0.1, 0.15) is 17.3 Å². The first-order chi connectivity index (χ1) is 17.8. The predicted molar refractivity (Wildman–Crippen MR) is 144 cm³/mol. The van der Waals surface area contributed by atoms with Gasteiger partial charge in [-0.2, -0.15) is 0 Å². The fourth-order valence-electron chi connectivity index (χ4n) is 4.65. The van der Waals surface area contributed by atoms with Crippen LogP contribution in [0.15, 0.2) is 66.2 Å². The maximum Gasteiger partial charge on any atom is 0.301 e. The topological polar surface area (TPSA) is 89.0 Å². The van der Waals surface area contributed by atoms with Gasteiger partial charge in [-0.3, -0.25) is 14.5 Å². The van der Waals surface area contributed by atoms with Crippen LogP contribution in [0.1, 0.15) is 35.2 Å². The van der Waals surface area contributed by atoms with Gasteiger partial charge in [0.15, 0.2) is 5.13 Å². The molecule has 188 valence electrons. The quantitative estimate of drug-likeness (QED) is 0.194. The molecule has 0 aliphatic carbocycles. The Morgan fingerprint density at radius 3 is 2.51 bits per heavy atom. The predicted octanol–water partition coefficient (Wildman–Crippen LogP) is 5.95. The van der Waals surface area contributed by atoms with E-state index in [-0.39, 0.29) is 11.3 Å². The van der Waals surface area contributed by atoms with Crippen LogP contribution in [0.5, 0.6) is 11.5 Å². The molecule has 0 saturated carbocycles. The third-order valence-electron chi connectivity index (χ3n) is 6.32. The number of aryl methyl sites for hydroxylation is 2. The number of hydrogen-bond acceptors (Lipinski definition) is 7. The van der Waals surface area contributed by atoms with Crippen molar-refractivity contribution in [1.82, 2.24) is 4.98 Å². The summed E-state index contributed by atoms with van der Waals surface area (Å²) in [4.78, 5) is 33.1. The highest BCUT2D eigenvalue weighted by Crippen LogP contribution is 2.45. The minimum atomic E-state index is -0.871. The van der Waals surface area contributed by atoms with Crippen molar-refractivity contribution in [3.05, 3.63) is 88.5 Å². The summed E-state index contributed by atoms with van der Waals surface area (Å²) in [6, 6.07) is 17.1. The molecule has 0 bridgehead atoms. The Kier molecular flexibility index (Phi) is 6.43. The second-order valence-corrected chi connectivity index (χ2v) is 9.84. The summed E-state index contributed by atoms with van der Waals surface area (Å²) < 4.78 is 11.8. The van der Waals surface area contributed by atoms with Crippen LogP contribution in [0.2, 0.25) is 0 Å². The highest BCUT2D eigenvalue weighted by molar-refractivity contribution is 7.22. The normalized spacial score (nSPS) is 17.0. The number of benzene rings is 3. The monoisotopic (exact) mass is 514 g/mol. The van der Waals surface area contributed by atoms with E-state index in [4.69, 9.17) is 14.5 Å². The van der Waals surface area contributed by atoms with Gasteiger partial charge in [-0.15, -0.1) is 0 Å². The average Bonchev–Trinajstić information content (AvgIpc) is 3.43. The number of aliphatic hydroxyl groups is 1. The summed E-state index contributed by atoms with van der Waals surface area (Å²) in [5, 5.41) is 11.8. The summed E-state index contributed by atoms with van der Waals surface area (Å²) in [5.41, 5.74) is 3.88. The van der Waals surface area contributed by atoms with E-state index >= 15 is 0 Å². The van der Waals surface area contributed by atoms with Crippen LogP contribution in [0.3, 0.4) is 0 Å². The van der Waals surface area contributed by atoms with Gasteiger partial charge in [-0.25, -0.2) is 4.98 Å². The Hall–Kier alpha value is -4.17. The van der Waals surface area contributed by atoms with Crippen molar-refractivity contribution in [1.29, 1.82) is 0 Å². The molecule has 37 heavy (non-hydrogen) atoms. The molecule has 0 spiro atoms. The molecule has 8 heteroatoms. The number of Topliss-reactive ketones (excluding diaryl/α,β-unsaturated/α-hetero) is 1. The van der Waals surface area contributed by atoms with Crippen molar-refractivity contribution in [2.75, 3.05) is 18.6 Å². The number of fused-ring (bicyclic) bond motifs is 1. The van der Waals surface area contributed by atoms with Crippen molar-refractivity contribution in [3.63, 3.8) is 0 Å². The Morgan fingerprint density at radius 2 is 1.81 bits per heavy atom. The zero-order chi connectivity index (χ0) is 26.3. The van der Waals surface area contributed by atoms with Crippen LogP contribution < -0.4 is 14.4 Å². The molecule has 7 nitrogen and oxygen atoms in total. The molecular formula is C29H26N2O5S. The van der Waals surface area contributed by atoms with Gasteiger partial charge in [0.2, 0.25) is 0 Å². The molecule has 1 aromatic heterocycles. The maximum atomic E-state index is 13.5. The number of hydrogen-bond donors (Lipinski definition) is 1. The molecule has 0 radical (unpaired) electrons. The molecule has 3 aromatic carbocycles. The number of aromatic nitrogens is 1. The number of methoxy groups -OCH3 is 1. The van der Waals surface area contributed by atoms with Gasteiger partial charge in [0.25, 0.3) is 5.78 Å². The third-order valence-corrected chi connectivity index (χ3v) is 7.32. The maximum absolute atomic E-state index is 13.5. The van der Waals surface area contributed by atoms with E-state index in [1.807, 2.05) is 32.9 Å². The van der Waals surface area contributed by atoms with Crippen molar-refractivity contribution >= 4 is 44.1 Å². The fraction of sp³-hybridized carbons (Fsp3) is 0.207. The lowest BCUT2D eigenvalue weighted by Gasteiger charge is -2.23. The van der Waals surface area contributed by atoms with Crippen molar-refractivity contribution in [3.8, 4) is 11.5 Å². The number of ether oxygens (including phenoxy) is 2. The van der Waals surface area contributed by atoms with Crippen LogP contribution in [-0.2, 0) is 9.59 Å². The fourth-order valence-corrected chi connectivity index (χ4v) is 5.81. The first-order valence-electron chi connectivity index (χ1n) is 11.9. The molecule has 4 aromatic rings. The van der Waals surface area contributed by atoms with Gasteiger partial charge in [0, 0.05) is 5.56 Å². The van der Waals surface area contributed by atoms with E-state index in [0.29, 0.717) is 34.4 Å². The molecule has 1 fully saturated rings. The highest BCUT2D eigenvalue weighted by atomic mass is 32.1. The number of carbonyl (C=O) groups excluding carboxylic acids is 2. The SMILES string of the molecule is CCOc1ccc([C@H]2C(=C(O)c3cccc(OC)c3)C(=O)C(=O)N2c2nc3c(C)cc(C)cc3s2)cc1. The van der Waals surface area contributed by atoms with Gasteiger partial charge in [-0.1, -0.05) is 41.7 Å². The zero-order valence-electron chi connectivity index (χ0n) is 20.9. The Bertz CT molecular complexity index is 1550. The Balaban J connectivity index is 1.72. The summed E-state index contributed by atoms with van der Waals surface area (Å²) >= 11 is 1.35. The molecule has 1 amide bonds. The molecule has 1 aliphatic heterocycles. The summed E-state index contributed by atoms with van der Waals surface area (Å²) in [6.45, 7) is 6.39. The molecule has 0 unspecified atom stereocenters. The van der Waals surface area contributed by atoms with Crippen molar-refractivity contribution in [2.24, 2.45) is 0 Å². The number of thiazole rings is 1. The lowest BCUT2D eigenvalue weighted by Crippen LogP contribution is -2.29. The Morgan fingerprint density at radius 1 is 1.05 bits per heavy atom. The van der Waals surface area contributed by atoms with Crippen molar-refractivity contribution in [2.45, 2.75) is 26.8 Å². The number of anilines is 1. The average molecular weight is 515 g/mol. The lowest BCUT2D eigenvalue weighted by molar-refractivity contribution is -0.132. The van der Waals surface area contributed by atoms with E-state index in [1.165, 1.54) is 23.3 Å². The smallest absolute Gasteiger partial charge is 0.301 e. The van der Waals surface area contributed by atoms with Crippen molar-refractivity contribution < 1.29 is 24.2 Å². The van der Waals surface area contributed by atoms with E-state index in [2.05, 4.69) is 0 Å². The number of rotatable bonds is 6. The van der Waals surface area contributed by atoms with Crippen LogP contribution in [0.25, 0.3) is 16.0 Å². The summed E-state index contributed by atoms with van der Waals surface area (Å²) in [5.74, 6) is -0.593. The number of carbonyl (C=O) groups is 2. The second kappa shape index (κ2) is 9.71. The molecule has 5 rings (SSSR count). The summed E-state index contributed by atoms with van der Waals surface area (Å²) in [6.07, 6.45) is 0. The third kappa shape index (κ3) is 4.34. The van der Waals surface area contributed by atoms with E-state index < -0.39 is 17.7 Å². The van der Waals surface area contributed by atoms with Gasteiger partial charge in [-0.05, 0) is 67.8 Å². The highest BCUT2D eigenvalue weighted by Gasteiger charge is 2.48. The minimum Gasteiger partial charge on any atom is -0.507 e. The number of nitrogens with zero attached hydrogens (tertiary/aromatic N) is 2. The van der Waals surface area contributed by atoms with E-state index in [0.717, 1.165) is 21.3 Å². The largest absolute Gasteiger partial charge is 0.507 e. The first kappa shape index (κ1) is 24.5. The van der Waals surface area contributed by atoms with E-state index in [9.17, 15) is 14.7 Å². The summed E-state index contributed by atoms with van der Waals surface area (Å²) in [7, 11) is 1.52. The van der Waals surface area contributed by atoms with Gasteiger partial charge in [0.05, 0.1) is 35.5 Å². The van der Waals surface area contributed by atoms with Crippen LogP contribution in [0, 0.1) is 13.8 Å². The molecule has 2 heterocycles. The van der Waals surface area contributed by atoms with Gasteiger partial charge >= 0.3 is 5.91 Å². The Labute approximate surface area is 218 Å². The first-order valence-corrected chi connectivity index (χ1v) is 12.7. The molecule has 1 saturated heterocycles. The number of ketones is 1. The molecule has 1 N–H and O–H groups in total. The molecular weight excluding hydrogens is 488 g/mol. The minimum absolute atomic E-state index is 0.00503. The van der Waals surface area contributed by atoms with Crippen LogP contribution >= 0.6 is 11.3 Å². The van der Waals surface area contributed by atoms with Gasteiger partial charge < -0.3 is 14.6 Å². The van der Waals surface area contributed by atoms with E-state index in [1.54, 1.807) is 48.5 Å². The standard InChI is InChI=1S/C29H26N2O5S/c1-5-36-20-11-9-18(10-12-20)25-23(26(32)19-7-6-8-21(15-19)35-4)27(33)28(34)31(25)29-30-24-17(3)13-16(2)14-22(24)37-29/h6-15,25,32H,5H2,1-4H3/t25-/m0/s1. The van der Waals surface area contributed by atoms with Crippen LogP contribution in [0.4, 0.5) is 5.13 Å². The van der Waals surface area contributed by atoms with Crippen LogP contribution in [-0.4, -0.2) is 35.5 Å². The zero-order valence-corrected chi connectivity index (χ0v) is 21.8. The molecule has 1 atom stereocenters. The molecule has 1 aliphatic rings. The number of amides is 1. The lowest BCUT2D eigenvalue weighted by atomic mass is 9.95. The second-order valence-electron chi connectivity index (χ2n) is 8.83. The number of aliphatic hydroxyl groups excluding tert-OH is 1.